The second-order valence-electron chi connectivity index (χ2n) is 5.68. The highest BCUT2D eigenvalue weighted by Crippen LogP contribution is 2.53. The lowest BCUT2D eigenvalue weighted by atomic mass is 10.1. The standard InChI is InChI=1S/C19H19Br5O2/c1-2-3-12-25-17(20)18(21,22)19(23,24)26-16-11-7-10-15(13-16)14-8-5-4-6-9-14/h4-11,13,17H,2-3,12H2,1H3. The van der Waals surface area contributed by atoms with Crippen LogP contribution in [0.15, 0.2) is 54.6 Å². The molecular formula is C19H19Br5O2. The number of alkyl halides is 5. The zero-order chi connectivity index (χ0) is 19.2. The molecule has 0 aliphatic heterocycles. The number of benzene rings is 2. The summed E-state index contributed by atoms with van der Waals surface area (Å²) in [7, 11) is 0. The molecule has 1 atom stereocenters. The van der Waals surface area contributed by atoms with E-state index in [0.29, 0.717) is 6.61 Å². The van der Waals surface area contributed by atoms with Crippen molar-refractivity contribution < 1.29 is 9.47 Å². The van der Waals surface area contributed by atoms with Crippen molar-refractivity contribution in [3.63, 3.8) is 0 Å². The molecule has 0 heterocycles. The fraction of sp³-hybridized carbons (Fsp3) is 0.368. The van der Waals surface area contributed by atoms with Crippen molar-refractivity contribution in [3.05, 3.63) is 54.6 Å². The lowest BCUT2D eigenvalue weighted by Gasteiger charge is -2.37. The molecule has 26 heavy (non-hydrogen) atoms. The molecule has 2 aromatic rings. The Bertz CT molecular complexity index is 691. The summed E-state index contributed by atoms with van der Waals surface area (Å²) >= 11 is 18.2. The third-order valence-corrected chi connectivity index (χ3v) is 11.5. The van der Waals surface area contributed by atoms with Crippen LogP contribution in [-0.4, -0.2) is 18.3 Å². The average Bonchev–Trinajstić information content (AvgIpc) is 2.62. The summed E-state index contributed by atoms with van der Waals surface area (Å²) < 4.78 is 10.3. The zero-order valence-electron chi connectivity index (χ0n) is 14.1. The van der Waals surface area contributed by atoms with Crippen molar-refractivity contribution in [1.29, 1.82) is 0 Å². The van der Waals surface area contributed by atoms with Crippen molar-refractivity contribution in [2.75, 3.05) is 6.61 Å². The molecule has 2 aromatic carbocycles. The van der Waals surface area contributed by atoms with Gasteiger partial charge in [-0.2, -0.15) is 0 Å². The minimum Gasteiger partial charge on any atom is -0.463 e. The number of unbranched alkanes of at least 4 members (excludes halogenated alkanes) is 1. The fourth-order valence-electron chi connectivity index (χ4n) is 2.15. The van der Waals surface area contributed by atoms with E-state index < -0.39 is 6.65 Å². The SMILES string of the molecule is CCCCOC(Br)C(Br)(Br)C(Br)(Br)Oc1cccc(-c2ccccc2)c1. The molecule has 7 heteroatoms. The Labute approximate surface area is 197 Å². The van der Waals surface area contributed by atoms with E-state index in [2.05, 4.69) is 105 Å². The van der Waals surface area contributed by atoms with Gasteiger partial charge in [0.1, 0.15) is 10.8 Å². The molecule has 1 unspecified atom stereocenters. The van der Waals surface area contributed by atoms with Crippen molar-refractivity contribution >= 4 is 79.6 Å². The van der Waals surface area contributed by atoms with Gasteiger partial charge < -0.3 is 9.47 Å². The minimum atomic E-state index is -0.956. The molecule has 0 saturated heterocycles. The number of rotatable bonds is 9. The number of ether oxygens (including phenoxy) is 2. The van der Waals surface area contributed by atoms with Gasteiger partial charge in [0.2, 0.25) is 3.42 Å². The van der Waals surface area contributed by atoms with Crippen LogP contribution in [0.5, 0.6) is 5.75 Å². The Balaban J connectivity index is 2.15. The summed E-state index contributed by atoms with van der Waals surface area (Å²) in [5, 5.41) is -0.336. The predicted octanol–water partition coefficient (Wildman–Crippen LogP) is 8.20. The van der Waals surface area contributed by atoms with E-state index in [4.69, 9.17) is 9.47 Å². The number of hydrogen-bond acceptors (Lipinski definition) is 2. The summed E-state index contributed by atoms with van der Waals surface area (Å²) in [4.78, 5) is 0. The third-order valence-electron chi connectivity index (χ3n) is 3.62. The number of halogens is 5. The van der Waals surface area contributed by atoms with E-state index in [0.717, 1.165) is 29.7 Å². The highest BCUT2D eigenvalue weighted by molar-refractivity contribution is 9.30. The molecule has 0 spiro atoms. The lowest BCUT2D eigenvalue weighted by Crippen LogP contribution is -2.47. The van der Waals surface area contributed by atoms with Gasteiger partial charge in [-0.3, -0.25) is 0 Å². The molecule has 0 aliphatic carbocycles. The molecule has 0 amide bonds. The van der Waals surface area contributed by atoms with Crippen LogP contribution in [0, 0.1) is 0 Å². The Morgan fingerprint density at radius 2 is 1.58 bits per heavy atom. The van der Waals surface area contributed by atoms with Crippen molar-refractivity contribution in [1.82, 2.24) is 0 Å². The maximum atomic E-state index is 6.19. The summed E-state index contributed by atoms with van der Waals surface area (Å²) in [6.45, 7) is 2.79. The normalized spacial score (nSPS) is 13.5. The molecule has 0 saturated carbocycles. The highest BCUT2D eigenvalue weighted by atomic mass is 79.9. The Hall–Kier alpha value is 0.600. The highest BCUT2D eigenvalue weighted by Gasteiger charge is 2.53. The second kappa shape index (κ2) is 10.4. The van der Waals surface area contributed by atoms with Gasteiger partial charge in [-0.15, -0.1) is 0 Å². The minimum absolute atomic E-state index is 0.336. The Morgan fingerprint density at radius 1 is 0.923 bits per heavy atom. The fourth-order valence-corrected chi connectivity index (χ4v) is 4.49. The van der Waals surface area contributed by atoms with E-state index in [-0.39, 0.29) is 5.01 Å². The van der Waals surface area contributed by atoms with Crippen LogP contribution < -0.4 is 4.74 Å². The zero-order valence-corrected chi connectivity index (χ0v) is 22.0. The van der Waals surface area contributed by atoms with Gasteiger partial charge in [-0.05, 0) is 61.5 Å². The summed E-state index contributed by atoms with van der Waals surface area (Å²) in [6.07, 6.45) is 2.07. The molecule has 0 aliphatic rings. The Kier molecular flexibility index (Phi) is 9.15. The first-order chi connectivity index (χ1) is 12.3. The number of hydrogen-bond donors (Lipinski definition) is 0. The molecule has 142 valence electrons. The van der Waals surface area contributed by atoms with E-state index in [9.17, 15) is 0 Å². The van der Waals surface area contributed by atoms with Gasteiger partial charge in [0.25, 0.3) is 0 Å². The quantitative estimate of drug-likeness (QED) is 0.197. The van der Waals surface area contributed by atoms with Crippen molar-refractivity contribution in [3.8, 4) is 16.9 Å². The first-order valence-electron chi connectivity index (χ1n) is 8.13. The van der Waals surface area contributed by atoms with Gasteiger partial charge in [-0.25, -0.2) is 0 Å². The largest absolute Gasteiger partial charge is 0.463 e. The first kappa shape index (κ1) is 22.9. The van der Waals surface area contributed by atoms with Crippen LogP contribution in [-0.2, 0) is 4.74 Å². The summed E-state index contributed by atoms with van der Waals surface area (Å²) in [6, 6.07) is 18.1. The molecule has 0 N–H and O–H groups in total. The van der Waals surface area contributed by atoms with Crippen LogP contribution in [0.1, 0.15) is 19.8 Å². The topological polar surface area (TPSA) is 18.5 Å². The van der Waals surface area contributed by atoms with Crippen molar-refractivity contribution in [2.45, 2.75) is 31.4 Å². The van der Waals surface area contributed by atoms with Gasteiger partial charge in [-0.1, -0.05) is 104 Å². The maximum absolute atomic E-state index is 6.19. The third kappa shape index (κ3) is 6.05. The first-order valence-corrected chi connectivity index (χ1v) is 12.2. The van der Waals surface area contributed by atoms with Gasteiger partial charge in [0, 0.05) is 6.61 Å². The smallest absolute Gasteiger partial charge is 0.246 e. The lowest BCUT2D eigenvalue weighted by molar-refractivity contribution is 0.0889. The monoisotopic (exact) mass is 674 g/mol. The summed E-state index contributed by atoms with van der Waals surface area (Å²) in [5.74, 6) is 0.719. The van der Waals surface area contributed by atoms with Crippen LogP contribution in [0.25, 0.3) is 11.1 Å². The predicted molar refractivity (Wildman–Crippen MR) is 127 cm³/mol. The molecule has 2 rings (SSSR count). The molecular weight excluding hydrogens is 660 g/mol. The van der Waals surface area contributed by atoms with Crippen LogP contribution >= 0.6 is 79.6 Å². The Morgan fingerprint density at radius 3 is 2.23 bits per heavy atom. The van der Waals surface area contributed by atoms with Gasteiger partial charge in [0.05, 0.1) is 0 Å². The summed E-state index contributed by atoms with van der Waals surface area (Å²) in [5.41, 5.74) is 2.22. The van der Waals surface area contributed by atoms with E-state index in [1.807, 2.05) is 36.4 Å². The van der Waals surface area contributed by atoms with Crippen LogP contribution in [0.4, 0.5) is 0 Å². The van der Waals surface area contributed by atoms with E-state index in [1.54, 1.807) is 0 Å². The van der Waals surface area contributed by atoms with Gasteiger partial charge in [0.15, 0.2) is 3.23 Å². The van der Waals surface area contributed by atoms with Crippen LogP contribution in [0.3, 0.4) is 0 Å². The molecule has 0 bridgehead atoms. The van der Waals surface area contributed by atoms with E-state index >= 15 is 0 Å². The molecule has 0 radical (unpaired) electrons. The van der Waals surface area contributed by atoms with Crippen LogP contribution in [0.2, 0.25) is 0 Å². The molecule has 2 nitrogen and oxygen atoms in total. The molecule has 0 fully saturated rings. The second-order valence-corrected chi connectivity index (χ2v) is 13.4. The molecule has 0 aromatic heterocycles. The van der Waals surface area contributed by atoms with Gasteiger partial charge >= 0.3 is 0 Å². The average molecular weight is 679 g/mol. The maximum Gasteiger partial charge on any atom is 0.246 e. The van der Waals surface area contributed by atoms with Crippen molar-refractivity contribution in [2.24, 2.45) is 0 Å². The van der Waals surface area contributed by atoms with E-state index in [1.165, 1.54) is 0 Å².